The maximum absolute atomic E-state index is 12.6. The smallest absolute Gasteiger partial charge is 0.410 e. The van der Waals surface area contributed by atoms with Crippen LogP contribution in [0.4, 0.5) is 16.3 Å². The Bertz CT molecular complexity index is 1240. The van der Waals surface area contributed by atoms with Gasteiger partial charge >= 0.3 is 6.09 Å². The highest BCUT2D eigenvalue weighted by molar-refractivity contribution is 6.06. The van der Waals surface area contributed by atoms with Crippen LogP contribution in [0.3, 0.4) is 0 Å². The number of ether oxygens (including phenoxy) is 1. The molecule has 0 spiro atoms. The first kappa shape index (κ1) is 24.4. The van der Waals surface area contributed by atoms with Crippen LogP contribution >= 0.6 is 0 Å². The lowest BCUT2D eigenvalue weighted by Crippen LogP contribution is -2.38. The Morgan fingerprint density at radius 2 is 1.91 bits per heavy atom. The maximum atomic E-state index is 12.6. The van der Waals surface area contributed by atoms with Crippen LogP contribution in [0.25, 0.3) is 10.9 Å². The number of hydrogen-bond acceptors (Lipinski definition) is 8. The van der Waals surface area contributed by atoms with E-state index < -0.39 is 28.6 Å². The van der Waals surface area contributed by atoms with E-state index in [-0.39, 0.29) is 17.8 Å². The number of amides is 2. The minimum absolute atomic E-state index is 0.0900. The van der Waals surface area contributed by atoms with Crippen LogP contribution in [-0.2, 0) is 4.74 Å². The van der Waals surface area contributed by atoms with E-state index in [0.29, 0.717) is 22.3 Å². The molecule has 0 aliphatic heterocycles. The molecule has 1 heterocycles. The summed E-state index contributed by atoms with van der Waals surface area (Å²) in [5.74, 6) is -0.252. The van der Waals surface area contributed by atoms with E-state index in [1.807, 2.05) is 0 Å². The topological polar surface area (TPSA) is 154 Å². The molecule has 3 N–H and O–H groups in total. The molecule has 1 aromatic heterocycles. The Kier molecular flexibility index (Phi) is 6.94. The first-order valence-corrected chi connectivity index (χ1v) is 10.4. The number of nitrogens with two attached hydrogens (primary N) is 1. The van der Waals surface area contributed by atoms with Crippen LogP contribution in [0.1, 0.15) is 42.7 Å². The Hall–Kier alpha value is -4.28. The summed E-state index contributed by atoms with van der Waals surface area (Å²) in [6.07, 6.45) is 0.743. The molecule has 1 unspecified atom stereocenters. The van der Waals surface area contributed by atoms with Crippen molar-refractivity contribution in [2.24, 2.45) is 5.73 Å². The summed E-state index contributed by atoms with van der Waals surface area (Å²) < 4.78 is 5.43. The molecule has 11 heteroatoms. The highest BCUT2D eigenvalue weighted by Crippen LogP contribution is 2.28. The van der Waals surface area contributed by atoms with Gasteiger partial charge in [-0.15, -0.1) is 0 Å². The van der Waals surface area contributed by atoms with Crippen LogP contribution in [-0.4, -0.2) is 51.0 Å². The highest BCUT2D eigenvalue weighted by Gasteiger charge is 2.25. The number of nitro groups is 1. The van der Waals surface area contributed by atoms with Crippen molar-refractivity contribution in [2.75, 3.05) is 18.9 Å². The van der Waals surface area contributed by atoms with Gasteiger partial charge in [0, 0.05) is 31.1 Å². The third-order valence-corrected chi connectivity index (χ3v) is 4.89. The average molecular weight is 466 g/mol. The van der Waals surface area contributed by atoms with E-state index in [9.17, 15) is 19.7 Å². The van der Waals surface area contributed by atoms with Gasteiger partial charge in [0.15, 0.2) is 0 Å². The van der Waals surface area contributed by atoms with Crippen molar-refractivity contribution >= 4 is 34.4 Å². The standard InChI is InChI=1S/C23H26N6O5/c1-23(2,3)34-22(31)28(4)12-18(14-7-5-8-15(11-14)29(32)33)27-21-17-10-6-9-16(20(24)30)19(17)25-13-26-21/h5-11,13,18H,12H2,1-4H3,(H2,24,30)(H,25,26,27). The van der Waals surface area contributed by atoms with E-state index in [1.54, 1.807) is 58.2 Å². The third kappa shape index (κ3) is 5.74. The number of non-ortho nitro benzene ring substituents is 1. The number of para-hydroxylation sites is 1. The van der Waals surface area contributed by atoms with Gasteiger partial charge in [-0.2, -0.15) is 0 Å². The second kappa shape index (κ2) is 9.69. The van der Waals surface area contributed by atoms with Crippen LogP contribution in [0.2, 0.25) is 0 Å². The van der Waals surface area contributed by atoms with Gasteiger partial charge in [-0.1, -0.05) is 18.2 Å². The first-order chi connectivity index (χ1) is 16.0. The first-order valence-electron chi connectivity index (χ1n) is 10.4. The van der Waals surface area contributed by atoms with Gasteiger partial charge in [0.1, 0.15) is 17.7 Å². The number of aromatic nitrogens is 2. The molecule has 0 radical (unpaired) electrons. The highest BCUT2D eigenvalue weighted by atomic mass is 16.6. The van der Waals surface area contributed by atoms with E-state index >= 15 is 0 Å². The molecule has 0 bridgehead atoms. The summed E-state index contributed by atoms with van der Waals surface area (Å²) >= 11 is 0. The molecule has 0 fully saturated rings. The number of benzene rings is 2. The summed E-state index contributed by atoms with van der Waals surface area (Å²) in [5.41, 5.74) is 5.86. The summed E-state index contributed by atoms with van der Waals surface area (Å²) in [6.45, 7) is 5.40. The molecule has 2 aromatic carbocycles. The summed E-state index contributed by atoms with van der Waals surface area (Å²) in [6, 6.07) is 10.4. The molecular formula is C23H26N6O5. The van der Waals surface area contributed by atoms with Crippen molar-refractivity contribution in [1.29, 1.82) is 0 Å². The lowest BCUT2D eigenvalue weighted by atomic mass is 10.0. The van der Waals surface area contributed by atoms with Crippen LogP contribution < -0.4 is 11.1 Å². The molecule has 34 heavy (non-hydrogen) atoms. The quantitative estimate of drug-likeness (QED) is 0.395. The number of carbonyl (C=O) groups is 2. The van der Waals surface area contributed by atoms with Crippen molar-refractivity contribution < 1.29 is 19.2 Å². The molecule has 178 valence electrons. The zero-order valence-corrected chi connectivity index (χ0v) is 19.3. The Labute approximate surface area is 196 Å². The SMILES string of the molecule is CN(CC(Nc1ncnc2c(C(N)=O)cccc12)c1cccc([N+](=O)[O-])c1)C(=O)OC(C)(C)C. The second-order valence-electron chi connectivity index (χ2n) is 8.70. The van der Waals surface area contributed by atoms with Gasteiger partial charge in [-0.05, 0) is 38.5 Å². The van der Waals surface area contributed by atoms with Gasteiger partial charge in [0.05, 0.1) is 22.0 Å². The molecule has 3 aromatic rings. The molecule has 2 amide bonds. The molecule has 0 saturated carbocycles. The lowest BCUT2D eigenvalue weighted by molar-refractivity contribution is -0.384. The number of fused-ring (bicyclic) bond motifs is 1. The van der Waals surface area contributed by atoms with E-state index in [4.69, 9.17) is 10.5 Å². The van der Waals surface area contributed by atoms with E-state index in [2.05, 4.69) is 15.3 Å². The number of likely N-dealkylation sites (N-methyl/N-ethyl adjacent to an activating group) is 1. The number of nitrogens with one attached hydrogen (secondary N) is 1. The molecule has 1 atom stereocenters. The number of nitrogens with zero attached hydrogens (tertiary/aromatic N) is 4. The fourth-order valence-electron chi connectivity index (χ4n) is 3.34. The predicted molar refractivity (Wildman–Crippen MR) is 126 cm³/mol. The predicted octanol–water partition coefficient (Wildman–Crippen LogP) is 3.66. The largest absolute Gasteiger partial charge is 0.444 e. The van der Waals surface area contributed by atoms with Crippen molar-refractivity contribution in [2.45, 2.75) is 32.4 Å². The molecule has 0 saturated heterocycles. The summed E-state index contributed by atoms with van der Waals surface area (Å²) in [4.78, 5) is 45.1. The molecule has 0 aliphatic rings. The normalized spacial score (nSPS) is 12.1. The van der Waals surface area contributed by atoms with Crippen LogP contribution in [0, 0.1) is 10.1 Å². The fraction of sp³-hybridized carbons (Fsp3) is 0.304. The Balaban J connectivity index is 2.02. The molecule has 3 rings (SSSR count). The van der Waals surface area contributed by atoms with Crippen molar-refractivity contribution in [1.82, 2.24) is 14.9 Å². The van der Waals surface area contributed by atoms with Crippen LogP contribution in [0.5, 0.6) is 0 Å². The second-order valence-corrected chi connectivity index (χ2v) is 8.70. The monoisotopic (exact) mass is 466 g/mol. The maximum Gasteiger partial charge on any atom is 0.410 e. The van der Waals surface area contributed by atoms with Crippen LogP contribution in [0.15, 0.2) is 48.8 Å². The number of primary amides is 1. The summed E-state index contributed by atoms with van der Waals surface area (Å²) in [5, 5.41) is 15.1. The zero-order valence-electron chi connectivity index (χ0n) is 19.3. The minimum Gasteiger partial charge on any atom is -0.444 e. The average Bonchev–Trinajstić information content (AvgIpc) is 2.77. The molecule has 11 nitrogen and oxygen atoms in total. The number of rotatable bonds is 7. The van der Waals surface area contributed by atoms with Crippen molar-refractivity contribution in [3.8, 4) is 0 Å². The Morgan fingerprint density at radius 1 is 1.21 bits per heavy atom. The Morgan fingerprint density at radius 3 is 2.56 bits per heavy atom. The summed E-state index contributed by atoms with van der Waals surface area (Å²) in [7, 11) is 1.57. The zero-order chi connectivity index (χ0) is 25.0. The fourth-order valence-corrected chi connectivity index (χ4v) is 3.34. The van der Waals surface area contributed by atoms with Crippen molar-refractivity contribution in [3.05, 3.63) is 70.0 Å². The van der Waals surface area contributed by atoms with E-state index in [1.165, 1.54) is 23.4 Å². The van der Waals surface area contributed by atoms with Gasteiger partial charge in [0.25, 0.3) is 11.6 Å². The molecular weight excluding hydrogens is 440 g/mol. The van der Waals surface area contributed by atoms with E-state index in [0.717, 1.165) is 0 Å². The third-order valence-electron chi connectivity index (χ3n) is 4.89. The lowest BCUT2D eigenvalue weighted by Gasteiger charge is -2.28. The van der Waals surface area contributed by atoms with Gasteiger partial charge in [0.2, 0.25) is 0 Å². The minimum atomic E-state index is -0.687. The van der Waals surface area contributed by atoms with Gasteiger partial charge in [-0.25, -0.2) is 14.8 Å². The number of hydrogen-bond donors (Lipinski definition) is 2. The number of carbonyl (C=O) groups excluding carboxylic acids is 2. The van der Waals surface area contributed by atoms with Crippen molar-refractivity contribution in [3.63, 3.8) is 0 Å². The van der Waals surface area contributed by atoms with Gasteiger partial charge < -0.3 is 20.7 Å². The number of anilines is 1. The number of nitro benzene ring substituents is 1. The molecule has 0 aliphatic carbocycles. The van der Waals surface area contributed by atoms with Gasteiger partial charge in [-0.3, -0.25) is 14.9 Å².